The van der Waals surface area contributed by atoms with E-state index in [0.29, 0.717) is 0 Å². The third-order valence-corrected chi connectivity index (χ3v) is 4.72. The van der Waals surface area contributed by atoms with Crippen LogP contribution in [0, 0.1) is 5.92 Å². The average molecular weight is 304 g/mol. The Morgan fingerprint density at radius 1 is 1.05 bits per heavy atom. The molecular weight excluding hydrogens is 274 g/mol. The van der Waals surface area contributed by atoms with E-state index in [9.17, 15) is 4.79 Å². The van der Waals surface area contributed by atoms with E-state index in [4.69, 9.17) is 5.73 Å². The number of hydrogen-bond donors (Lipinski definition) is 1. The van der Waals surface area contributed by atoms with Crippen molar-refractivity contribution < 1.29 is 4.79 Å². The smallest absolute Gasteiger partial charge is 0.239 e. The van der Waals surface area contributed by atoms with E-state index in [1.54, 1.807) is 0 Å². The van der Waals surface area contributed by atoms with E-state index in [1.807, 2.05) is 18.7 Å². The first-order valence-electron chi connectivity index (χ1n) is 7.88. The van der Waals surface area contributed by atoms with Gasteiger partial charge in [0.1, 0.15) is 0 Å². The van der Waals surface area contributed by atoms with Gasteiger partial charge >= 0.3 is 0 Å². The van der Waals surface area contributed by atoms with Gasteiger partial charge in [0.2, 0.25) is 5.91 Å². The highest BCUT2D eigenvalue weighted by Gasteiger charge is 2.29. The molecule has 1 aliphatic heterocycles. The lowest BCUT2D eigenvalue weighted by molar-refractivity contribution is -0.135. The number of carbonyl (C=O) groups excluding carboxylic acids is 1. The molecule has 0 aromatic rings. The Bertz CT molecular complexity index is 297. The van der Waals surface area contributed by atoms with Crippen molar-refractivity contribution >= 4 is 18.3 Å². The van der Waals surface area contributed by atoms with Crippen molar-refractivity contribution in [3.8, 4) is 0 Å². The maximum Gasteiger partial charge on any atom is 0.239 e. The van der Waals surface area contributed by atoms with Crippen molar-refractivity contribution in [1.29, 1.82) is 0 Å². The lowest BCUT2D eigenvalue weighted by atomic mass is 9.93. The lowest BCUT2D eigenvalue weighted by Gasteiger charge is -2.41. The zero-order valence-electron chi connectivity index (χ0n) is 12.9. The molecule has 1 atom stereocenters. The second-order valence-corrected chi connectivity index (χ2v) is 6.42. The van der Waals surface area contributed by atoms with Crippen molar-refractivity contribution in [1.82, 2.24) is 9.80 Å². The molecular formula is C15H30ClN3O. The minimum atomic E-state index is -0.332. The fraction of sp³-hybridized carbons (Fsp3) is 0.933. The van der Waals surface area contributed by atoms with E-state index in [2.05, 4.69) is 4.90 Å². The molecule has 0 unspecified atom stereocenters. The number of hydrogen-bond acceptors (Lipinski definition) is 3. The van der Waals surface area contributed by atoms with Gasteiger partial charge in [-0.1, -0.05) is 33.1 Å². The molecule has 1 aliphatic carbocycles. The summed E-state index contributed by atoms with van der Waals surface area (Å²) < 4.78 is 0. The molecule has 20 heavy (non-hydrogen) atoms. The van der Waals surface area contributed by atoms with Gasteiger partial charge in [-0.15, -0.1) is 12.4 Å². The molecule has 2 N–H and O–H groups in total. The van der Waals surface area contributed by atoms with Crippen molar-refractivity contribution in [3.05, 3.63) is 0 Å². The zero-order chi connectivity index (χ0) is 13.8. The van der Waals surface area contributed by atoms with Gasteiger partial charge in [0, 0.05) is 32.2 Å². The molecule has 118 valence electrons. The standard InChI is InChI=1S/C15H29N3O.ClH/c1-12(2)14(16)15(19)18-10-8-17(9-11-18)13-6-4-3-5-7-13;/h12-14H,3-11,16H2,1-2H3;1H/t14-;/m0./s1. The Kier molecular flexibility index (Phi) is 7.27. The van der Waals surface area contributed by atoms with E-state index < -0.39 is 0 Å². The Hall–Kier alpha value is -0.320. The second-order valence-electron chi connectivity index (χ2n) is 6.42. The number of piperazine rings is 1. The maximum atomic E-state index is 12.2. The minimum Gasteiger partial charge on any atom is -0.339 e. The highest BCUT2D eigenvalue weighted by atomic mass is 35.5. The molecule has 1 saturated carbocycles. The first-order chi connectivity index (χ1) is 9.09. The van der Waals surface area contributed by atoms with Crippen LogP contribution in [0.2, 0.25) is 0 Å². The number of carbonyl (C=O) groups is 1. The van der Waals surface area contributed by atoms with Crippen LogP contribution in [0.15, 0.2) is 0 Å². The molecule has 0 spiro atoms. The summed E-state index contributed by atoms with van der Waals surface area (Å²) in [5, 5.41) is 0. The summed E-state index contributed by atoms with van der Waals surface area (Å²) >= 11 is 0. The Labute approximate surface area is 129 Å². The molecule has 0 aromatic heterocycles. The molecule has 2 aliphatic rings. The first-order valence-corrected chi connectivity index (χ1v) is 7.88. The van der Waals surface area contributed by atoms with Crippen LogP contribution in [-0.4, -0.2) is 54.0 Å². The third kappa shape index (κ3) is 4.34. The van der Waals surface area contributed by atoms with Crippen molar-refractivity contribution in [2.45, 2.75) is 58.0 Å². The van der Waals surface area contributed by atoms with Gasteiger partial charge in [-0.3, -0.25) is 9.69 Å². The lowest BCUT2D eigenvalue weighted by Crippen LogP contribution is -2.56. The van der Waals surface area contributed by atoms with E-state index in [-0.39, 0.29) is 30.3 Å². The molecule has 1 heterocycles. The molecule has 2 rings (SSSR count). The maximum absolute atomic E-state index is 12.2. The Balaban J connectivity index is 0.00000200. The summed E-state index contributed by atoms with van der Waals surface area (Å²) in [5.74, 6) is 0.363. The summed E-state index contributed by atoms with van der Waals surface area (Å²) in [5.41, 5.74) is 5.96. The number of nitrogens with zero attached hydrogens (tertiary/aromatic N) is 2. The predicted octanol–water partition coefficient (Wildman–Crippen LogP) is 1.87. The van der Waals surface area contributed by atoms with E-state index in [0.717, 1.165) is 32.2 Å². The van der Waals surface area contributed by atoms with Crippen LogP contribution in [0.25, 0.3) is 0 Å². The zero-order valence-corrected chi connectivity index (χ0v) is 13.7. The van der Waals surface area contributed by atoms with Gasteiger partial charge in [0.25, 0.3) is 0 Å². The molecule has 1 amide bonds. The van der Waals surface area contributed by atoms with E-state index in [1.165, 1.54) is 32.1 Å². The van der Waals surface area contributed by atoms with E-state index >= 15 is 0 Å². The second kappa shape index (κ2) is 8.20. The monoisotopic (exact) mass is 303 g/mol. The molecule has 4 nitrogen and oxygen atoms in total. The molecule has 0 radical (unpaired) electrons. The van der Waals surface area contributed by atoms with Gasteiger partial charge in [-0.05, 0) is 18.8 Å². The van der Waals surface area contributed by atoms with Gasteiger partial charge in [-0.2, -0.15) is 0 Å². The highest BCUT2D eigenvalue weighted by molar-refractivity contribution is 5.85. The van der Waals surface area contributed by atoms with Gasteiger partial charge in [0.15, 0.2) is 0 Å². The number of rotatable bonds is 3. The van der Waals surface area contributed by atoms with Gasteiger partial charge in [-0.25, -0.2) is 0 Å². The van der Waals surface area contributed by atoms with Crippen LogP contribution in [0.5, 0.6) is 0 Å². The highest BCUT2D eigenvalue weighted by Crippen LogP contribution is 2.23. The van der Waals surface area contributed by atoms with Gasteiger partial charge in [0.05, 0.1) is 6.04 Å². The molecule has 0 bridgehead atoms. The number of amides is 1. The fourth-order valence-electron chi connectivity index (χ4n) is 3.25. The molecule has 0 aromatic carbocycles. The third-order valence-electron chi connectivity index (χ3n) is 4.72. The van der Waals surface area contributed by atoms with Crippen molar-refractivity contribution in [2.75, 3.05) is 26.2 Å². The SMILES string of the molecule is CC(C)[C@H](N)C(=O)N1CCN(C2CCCCC2)CC1.Cl. The number of nitrogens with two attached hydrogens (primary N) is 1. The molecule has 1 saturated heterocycles. The molecule has 5 heteroatoms. The normalized spacial score (nSPS) is 23.5. The van der Waals surface area contributed by atoms with Crippen LogP contribution in [0.4, 0.5) is 0 Å². The Morgan fingerprint density at radius 3 is 2.10 bits per heavy atom. The van der Waals surface area contributed by atoms with Crippen LogP contribution in [0.1, 0.15) is 46.0 Å². The van der Waals surface area contributed by atoms with Crippen LogP contribution in [0.3, 0.4) is 0 Å². The van der Waals surface area contributed by atoms with Crippen molar-refractivity contribution in [3.63, 3.8) is 0 Å². The van der Waals surface area contributed by atoms with Crippen LogP contribution >= 0.6 is 12.4 Å². The van der Waals surface area contributed by atoms with Crippen LogP contribution < -0.4 is 5.73 Å². The largest absolute Gasteiger partial charge is 0.339 e. The van der Waals surface area contributed by atoms with Crippen LogP contribution in [-0.2, 0) is 4.79 Å². The quantitative estimate of drug-likeness (QED) is 0.866. The fourth-order valence-corrected chi connectivity index (χ4v) is 3.25. The summed E-state index contributed by atoms with van der Waals surface area (Å²) in [6, 6.07) is 0.436. The minimum absolute atomic E-state index is 0. The number of halogens is 1. The summed E-state index contributed by atoms with van der Waals surface area (Å²) in [4.78, 5) is 16.8. The predicted molar refractivity (Wildman–Crippen MR) is 85.1 cm³/mol. The van der Waals surface area contributed by atoms with Gasteiger partial charge < -0.3 is 10.6 Å². The molecule has 2 fully saturated rings. The van der Waals surface area contributed by atoms with Crippen molar-refractivity contribution in [2.24, 2.45) is 11.7 Å². The summed E-state index contributed by atoms with van der Waals surface area (Å²) in [7, 11) is 0. The first kappa shape index (κ1) is 17.7. The summed E-state index contributed by atoms with van der Waals surface area (Å²) in [6.07, 6.45) is 6.85. The topological polar surface area (TPSA) is 49.6 Å². The Morgan fingerprint density at radius 2 is 1.60 bits per heavy atom. The average Bonchev–Trinajstić information content (AvgIpc) is 2.46. The summed E-state index contributed by atoms with van der Waals surface area (Å²) in [6.45, 7) is 7.80.